The van der Waals surface area contributed by atoms with Crippen molar-refractivity contribution in [3.63, 3.8) is 0 Å². The van der Waals surface area contributed by atoms with Crippen LogP contribution in [-0.2, 0) is 28.6 Å². The highest BCUT2D eigenvalue weighted by Crippen LogP contribution is 2.17. The molecule has 6 heteroatoms. The number of allylic oxidation sites excluding steroid dienone is 12. The van der Waals surface area contributed by atoms with Gasteiger partial charge in [-0.15, -0.1) is 0 Å². The van der Waals surface area contributed by atoms with Gasteiger partial charge < -0.3 is 14.2 Å². The lowest BCUT2D eigenvalue weighted by Gasteiger charge is -2.18. The zero-order valence-electron chi connectivity index (χ0n) is 47.0. The van der Waals surface area contributed by atoms with Crippen molar-refractivity contribution >= 4 is 17.9 Å². The Morgan fingerprint density at radius 1 is 0.296 bits per heavy atom. The van der Waals surface area contributed by atoms with Crippen LogP contribution in [0.25, 0.3) is 0 Å². The molecular formula is C65H114O6. The summed E-state index contributed by atoms with van der Waals surface area (Å²) in [5, 5.41) is 0. The van der Waals surface area contributed by atoms with Gasteiger partial charge in [-0.05, 0) is 70.6 Å². The fraction of sp³-hybridized carbons (Fsp3) is 0.769. The van der Waals surface area contributed by atoms with E-state index < -0.39 is 6.10 Å². The molecule has 1 atom stereocenters. The summed E-state index contributed by atoms with van der Waals surface area (Å²) in [5.74, 6) is -0.894. The molecule has 0 aromatic rings. The molecule has 0 radical (unpaired) electrons. The van der Waals surface area contributed by atoms with E-state index in [2.05, 4.69) is 93.7 Å². The Bertz CT molecular complexity index is 1320. The monoisotopic (exact) mass is 991 g/mol. The second-order valence-electron chi connectivity index (χ2n) is 20.2. The number of ether oxygens (including phenoxy) is 3. The molecule has 0 N–H and O–H groups in total. The van der Waals surface area contributed by atoms with E-state index in [0.29, 0.717) is 19.3 Å². The molecule has 0 saturated carbocycles. The first-order chi connectivity index (χ1) is 35.0. The van der Waals surface area contributed by atoms with E-state index in [0.717, 1.165) is 109 Å². The van der Waals surface area contributed by atoms with Crippen LogP contribution < -0.4 is 0 Å². The topological polar surface area (TPSA) is 78.9 Å². The van der Waals surface area contributed by atoms with Crippen molar-refractivity contribution in [2.45, 2.75) is 309 Å². The van der Waals surface area contributed by atoms with Gasteiger partial charge in [-0.2, -0.15) is 0 Å². The van der Waals surface area contributed by atoms with Gasteiger partial charge in [0.1, 0.15) is 13.2 Å². The lowest BCUT2D eigenvalue weighted by molar-refractivity contribution is -0.167. The molecule has 0 amide bonds. The van der Waals surface area contributed by atoms with Crippen LogP contribution in [-0.4, -0.2) is 37.2 Å². The van der Waals surface area contributed by atoms with E-state index in [1.54, 1.807) is 0 Å². The molecule has 0 rings (SSSR count). The third kappa shape index (κ3) is 57.6. The summed E-state index contributed by atoms with van der Waals surface area (Å²) in [6.07, 6.45) is 76.2. The highest BCUT2D eigenvalue weighted by Gasteiger charge is 2.19. The standard InChI is InChI=1S/C65H114O6/c1-4-7-10-13-16-19-22-24-26-28-30-32-33-34-36-37-39-41-43-46-49-52-55-58-64(67)70-61-62(60-69-63(66)57-54-51-48-45-21-18-15-12-9-6-3)71-65(68)59-56-53-50-47-44-42-40-38-35-31-29-27-25-23-20-17-14-11-8-5-2/h7,10,16,19,24,26,30,32,34,36,39,41,62H,4-6,8-9,11-15,17-18,20-23,25,27-29,31,33,35,37-38,40,42-61H2,1-3H3/b10-7-,19-16-,26-24-,32-30-,36-34-,41-39-. The Kier molecular flexibility index (Phi) is 56.8. The second-order valence-corrected chi connectivity index (χ2v) is 20.2. The molecule has 0 bridgehead atoms. The minimum absolute atomic E-state index is 0.0799. The van der Waals surface area contributed by atoms with Gasteiger partial charge in [-0.1, -0.05) is 286 Å². The molecule has 0 aromatic carbocycles. The maximum absolute atomic E-state index is 12.9. The first-order valence-corrected chi connectivity index (χ1v) is 30.4. The van der Waals surface area contributed by atoms with Crippen molar-refractivity contribution in [3.8, 4) is 0 Å². The van der Waals surface area contributed by atoms with Gasteiger partial charge in [0, 0.05) is 19.3 Å². The van der Waals surface area contributed by atoms with Crippen LogP contribution in [0.5, 0.6) is 0 Å². The van der Waals surface area contributed by atoms with Crippen LogP contribution in [0.15, 0.2) is 72.9 Å². The number of rotatable bonds is 55. The van der Waals surface area contributed by atoms with Crippen LogP contribution in [0, 0.1) is 0 Å². The molecule has 0 heterocycles. The maximum Gasteiger partial charge on any atom is 0.306 e. The molecule has 0 aliphatic heterocycles. The summed E-state index contributed by atoms with van der Waals surface area (Å²) in [6.45, 7) is 6.53. The zero-order valence-corrected chi connectivity index (χ0v) is 47.0. The average Bonchev–Trinajstić information content (AvgIpc) is 3.37. The smallest absolute Gasteiger partial charge is 0.306 e. The highest BCUT2D eigenvalue weighted by atomic mass is 16.6. The molecule has 1 unspecified atom stereocenters. The van der Waals surface area contributed by atoms with Crippen LogP contribution in [0.2, 0.25) is 0 Å². The fourth-order valence-electron chi connectivity index (χ4n) is 8.68. The molecule has 0 spiro atoms. The van der Waals surface area contributed by atoms with Gasteiger partial charge in [0.15, 0.2) is 6.10 Å². The lowest BCUT2D eigenvalue weighted by Crippen LogP contribution is -2.30. The molecule has 71 heavy (non-hydrogen) atoms. The van der Waals surface area contributed by atoms with Crippen LogP contribution in [0.4, 0.5) is 0 Å². The lowest BCUT2D eigenvalue weighted by atomic mass is 10.0. The zero-order chi connectivity index (χ0) is 51.4. The van der Waals surface area contributed by atoms with Crippen LogP contribution in [0.3, 0.4) is 0 Å². The summed E-state index contributed by atoms with van der Waals surface area (Å²) in [7, 11) is 0. The van der Waals surface area contributed by atoms with Gasteiger partial charge in [0.05, 0.1) is 0 Å². The van der Waals surface area contributed by atoms with Gasteiger partial charge in [-0.25, -0.2) is 0 Å². The molecule has 0 saturated heterocycles. The molecule has 0 aromatic heterocycles. The molecule has 0 aliphatic carbocycles. The normalized spacial score (nSPS) is 12.5. The second kappa shape index (κ2) is 59.4. The number of carbonyl (C=O) groups is 3. The van der Waals surface area contributed by atoms with Crippen molar-refractivity contribution in [3.05, 3.63) is 72.9 Å². The van der Waals surface area contributed by atoms with Gasteiger partial charge >= 0.3 is 17.9 Å². The Labute approximate surface area is 440 Å². The van der Waals surface area contributed by atoms with E-state index in [-0.39, 0.29) is 31.1 Å². The molecular weight excluding hydrogens is 877 g/mol. The van der Waals surface area contributed by atoms with Crippen molar-refractivity contribution in [1.29, 1.82) is 0 Å². The summed E-state index contributed by atoms with van der Waals surface area (Å²) in [5.41, 5.74) is 0. The number of carbonyl (C=O) groups excluding carboxylic acids is 3. The van der Waals surface area contributed by atoms with E-state index in [4.69, 9.17) is 14.2 Å². The molecule has 6 nitrogen and oxygen atoms in total. The van der Waals surface area contributed by atoms with Gasteiger partial charge in [0.2, 0.25) is 0 Å². The SMILES string of the molecule is CC/C=C\C/C=C\C/C=C\C/C=C\C/C=C\C/C=C\CCCCCCC(=O)OCC(COC(=O)CCCCCCCCCCCC)OC(=O)CCCCCCCCCCCCCCCCCCCCCC. The van der Waals surface area contributed by atoms with Gasteiger partial charge in [-0.3, -0.25) is 14.4 Å². The molecule has 0 fully saturated rings. The summed E-state index contributed by atoms with van der Waals surface area (Å²) in [4.78, 5) is 38.2. The summed E-state index contributed by atoms with van der Waals surface area (Å²) >= 11 is 0. The number of unbranched alkanes of at least 4 members (excludes halogenated alkanes) is 32. The minimum atomic E-state index is -0.783. The van der Waals surface area contributed by atoms with E-state index >= 15 is 0 Å². The van der Waals surface area contributed by atoms with Crippen molar-refractivity contribution < 1.29 is 28.6 Å². The predicted octanol–water partition coefficient (Wildman–Crippen LogP) is 20.5. The third-order valence-electron chi connectivity index (χ3n) is 13.2. The van der Waals surface area contributed by atoms with E-state index in [1.165, 1.54) is 154 Å². The Morgan fingerprint density at radius 2 is 0.549 bits per heavy atom. The fourth-order valence-corrected chi connectivity index (χ4v) is 8.68. The highest BCUT2D eigenvalue weighted by molar-refractivity contribution is 5.71. The summed E-state index contributed by atoms with van der Waals surface area (Å²) < 4.78 is 16.9. The predicted molar refractivity (Wildman–Crippen MR) is 307 cm³/mol. The van der Waals surface area contributed by atoms with Crippen molar-refractivity contribution in [2.24, 2.45) is 0 Å². The minimum Gasteiger partial charge on any atom is -0.462 e. The number of hydrogen-bond donors (Lipinski definition) is 0. The van der Waals surface area contributed by atoms with E-state index in [9.17, 15) is 14.4 Å². The van der Waals surface area contributed by atoms with Crippen molar-refractivity contribution in [2.75, 3.05) is 13.2 Å². The average molecular weight is 992 g/mol. The Balaban J connectivity index is 4.32. The van der Waals surface area contributed by atoms with Crippen molar-refractivity contribution in [1.82, 2.24) is 0 Å². The Morgan fingerprint density at radius 3 is 0.859 bits per heavy atom. The molecule has 0 aliphatic rings. The number of hydrogen-bond acceptors (Lipinski definition) is 6. The van der Waals surface area contributed by atoms with Crippen LogP contribution >= 0.6 is 0 Å². The summed E-state index contributed by atoms with van der Waals surface area (Å²) in [6, 6.07) is 0. The quantitative estimate of drug-likeness (QED) is 0.0261. The maximum atomic E-state index is 12.9. The largest absolute Gasteiger partial charge is 0.462 e. The Hall–Kier alpha value is -3.15. The van der Waals surface area contributed by atoms with Crippen LogP contribution in [0.1, 0.15) is 303 Å². The third-order valence-corrected chi connectivity index (χ3v) is 13.2. The van der Waals surface area contributed by atoms with Gasteiger partial charge in [0.25, 0.3) is 0 Å². The first-order valence-electron chi connectivity index (χ1n) is 30.4. The van der Waals surface area contributed by atoms with E-state index in [1.807, 2.05) is 0 Å². The number of esters is 3. The molecule has 410 valence electrons. The first kappa shape index (κ1) is 67.8.